The summed E-state index contributed by atoms with van der Waals surface area (Å²) in [6.45, 7) is 0. The topological polar surface area (TPSA) is 163 Å². The number of rotatable bonds is 3. The Morgan fingerprint density at radius 1 is 1.16 bits per heavy atom. The highest BCUT2D eigenvalue weighted by atomic mass is 16.6. The van der Waals surface area contributed by atoms with Gasteiger partial charge < -0.3 is 5.43 Å². The van der Waals surface area contributed by atoms with Gasteiger partial charge in [-0.2, -0.15) is 0 Å². The summed E-state index contributed by atoms with van der Waals surface area (Å²) in [6.07, 6.45) is 1.38. The Bertz CT molecular complexity index is 524. The van der Waals surface area contributed by atoms with Crippen molar-refractivity contribution in [1.29, 1.82) is 0 Å². The summed E-state index contributed by atoms with van der Waals surface area (Å²) >= 11 is 0. The molecule has 0 unspecified atom stereocenters. The van der Waals surface area contributed by atoms with Crippen molar-refractivity contribution in [1.82, 2.24) is 10.3 Å². The van der Waals surface area contributed by atoms with E-state index in [1.165, 1.54) is 18.3 Å². The van der Waals surface area contributed by atoms with Crippen molar-refractivity contribution in [2.75, 3.05) is 5.43 Å². The first kappa shape index (κ1) is 14.0. The van der Waals surface area contributed by atoms with Crippen LogP contribution in [-0.4, -0.2) is 20.2 Å². The molecule has 0 radical (unpaired) electrons. The second kappa shape index (κ2) is 6.61. The van der Waals surface area contributed by atoms with Crippen LogP contribution in [0.3, 0.4) is 0 Å². The highest BCUT2D eigenvalue weighted by molar-refractivity contribution is 5.51. The van der Waals surface area contributed by atoms with Crippen molar-refractivity contribution in [3.05, 3.63) is 50.7 Å². The van der Waals surface area contributed by atoms with Gasteiger partial charge in [0.25, 0.3) is 0 Å². The fraction of sp³-hybridized carbons (Fsp3) is 0. The number of hydrogen-bond acceptors (Lipinski definition) is 9. The minimum atomic E-state index is -0.780. The Morgan fingerprint density at radius 3 is 1.95 bits per heavy atom. The SMILES string of the molecule is NNc1cnon1.O=[N+]([O-])c1ccccc1[N+](=O)[O-]. The third-order valence-corrected chi connectivity index (χ3v) is 1.78. The monoisotopic (exact) mass is 268 g/mol. The molecule has 0 spiro atoms. The van der Waals surface area contributed by atoms with E-state index in [9.17, 15) is 20.2 Å². The minimum Gasteiger partial charge on any atom is -0.304 e. The van der Waals surface area contributed by atoms with Crippen molar-refractivity contribution in [3.63, 3.8) is 0 Å². The first-order chi connectivity index (χ1) is 9.06. The number of nitro benzene ring substituents is 2. The van der Waals surface area contributed by atoms with E-state index in [0.717, 1.165) is 12.1 Å². The molecule has 0 saturated carbocycles. The standard InChI is InChI=1S/C6H4N2O4.C2H4N4O/c9-7(10)5-3-1-2-4-6(5)8(11)12;3-5-2-1-4-7-6-2/h1-4H;1H,3H2,(H,5,6). The molecule has 3 N–H and O–H groups in total. The highest BCUT2D eigenvalue weighted by Crippen LogP contribution is 2.24. The Balaban J connectivity index is 0.000000218. The summed E-state index contributed by atoms with van der Waals surface area (Å²) in [6, 6.07) is 4.95. The van der Waals surface area contributed by atoms with Gasteiger partial charge in [0.05, 0.1) is 9.85 Å². The number of benzene rings is 1. The molecule has 1 aromatic heterocycles. The predicted octanol–water partition coefficient (Wildman–Crippen LogP) is 0.858. The first-order valence-electron chi connectivity index (χ1n) is 4.68. The van der Waals surface area contributed by atoms with Crippen LogP contribution in [-0.2, 0) is 0 Å². The smallest absolute Gasteiger partial charge is 0.304 e. The molecule has 19 heavy (non-hydrogen) atoms. The third kappa shape index (κ3) is 4.01. The quantitative estimate of drug-likeness (QED) is 0.466. The zero-order chi connectivity index (χ0) is 14.3. The maximum absolute atomic E-state index is 10.2. The highest BCUT2D eigenvalue weighted by Gasteiger charge is 2.21. The normalized spacial score (nSPS) is 9.11. The van der Waals surface area contributed by atoms with Gasteiger partial charge in [0.15, 0.2) is 0 Å². The molecular formula is C8H8N6O5. The molecule has 0 bridgehead atoms. The molecule has 0 aliphatic rings. The number of nitrogens with zero attached hydrogens (tertiary/aromatic N) is 4. The number of aromatic nitrogens is 2. The van der Waals surface area contributed by atoms with Crippen molar-refractivity contribution >= 4 is 17.2 Å². The van der Waals surface area contributed by atoms with E-state index in [0.29, 0.717) is 5.82 Å². The van der Waals surface area contributed by atoms with Gasteiger partial charge >= 0.3 is 11.4 Å². The Hall–Kier alpha value is -3.08. The second-order valence-corrected chi connectivity index (χ2v) is 2.94. The Labute approximate surface area is 105 Å². The van der Waals surface area contributed by atoms with Gasteiger partial charge in [-0.3, -0.25) is 20.2 Å². The summed E-state index contributed by atoms with van der Waals surface area (Å²) in [4.78, 5) is 18.9. The third-order valence-electron chi connectivity index (χ3n) is 1.78. The molecule has 0 saturated heterocycles. The second-order valence-electron chi connectivity index (χ2n) is 2.94. The van der Waals surface area contributed by atoms with Gasteiger partial charge in [-0.05, 0) is 5.16 Å². The molecule has 2 aromatic rings. The van der Waals surface area contributed by atoms with Gasteiger partial charge in [0, 0.05) is 12.1 Å². The number of nitro groups is 2. The van der Waals surface area contributed by atoms with E-state index in [-0.39, 0.29) is 0 Å². The molecule has 2 rings (SSSR count). The Kier molecular flexibility index (Phi) is 4.86. The number of hydrogen-bond donors (Lipinski definition) is 2. The molecule has 11 heteroatoms. The van der Waals surface area contributed by atoms with Crippen LogP contribution < -0.4 is 11.3 Å². The Morgan fingerprint density at radius 2 is 1.68 bits per heavy atom. The zero-order valence-corrected chi connectivity index (χ0v) is 9.29. The molecule has 0 aliphatic carbocycles. The van der Waals surface area contributed by atoms with Gasteiger partial charge in [0.1, 0.15) is 6.20 Å². The van der Waals surface area contributed by atoms with Crippen LogP contribution in [0.1, 0.15) is 0 Å². The van der Waals surface area contributed by atoms with Crippen LogP contribution in [0.15, 0.2) is 35.1 Å². The largest absolute Gasteiger partial charge is 0.346 e. The fourth-order valence-electron chi connectivity index (χ4n) is 1.00. The van der Waals surface area contributed by atoms with Crippen LogP contribution in [0.25, 0.3) is 0 Å². The van der Waals surface area contributed by atoms with E-state index >= 15 is 0 Å². The van der Waals surface area contributed by atoms with Gasteiger partial charge in [-0.25, -0.2) is 10.5 Å². The summed E-state index contributed by atoms with van der Waals surface area (Å²) in [7, 11) is 0. The van der Waals surface area contributed by atoms with Crippen molar-refractivity contribution in [3.8, 4) is 0 Å². The molecule has 0 atom stereocenters. The van der Waals surface area contributed by atoms with E-state index in [1.807, 2.05) is 0 Å². The summed E-state index contributed by atoms with van der Waals surface area (Å²) < 4.78 is 4.16. The molecule has 0 aliphatic heterocycles. The number of nitrogens with two attached hydrogens (primary N) is 1. The maximum atomic E-state index is 10.2. The summed E-state index contributed by atoms with van der Waals surface area (Å²) in [5.41, 5.74) is 1.27. The lowest BCUT2D eigenvalue weighted by molar-refractivity contribution is -0.422. The lowest BCUT2D eigenvalue weighted by Gasteiger charge is -1.91. The maximum Gasteiger partial charge on any atom is 0.346 e. The predicted molar refractivity (Wildman–Crippen MR) is 61.9 cm³/mol. The van der Waals surface area contributed by atoms with Crippen LogP contribution in [0, 0.1) is 20.2 Å². The van der Waals surface area contributed by atoms with Gasteiger partial charge in [-0.15, -0.1) is 0 Å². The lowest BCUT2D eigenvalue weighted by Crippen LogP contribution is -2.06. The number of para-hydroxylation sites is 2. The van der Waals surface area contributed by atoms with Crippen molar-refractivity contribution in [2.45, 2.75) is 0 Å². The average Bonchev–Trinajstić information content (AvgIpc) is 2.92. The molecule has 11 nitrogen and oxygen atoms in total. The van der Waals surface area contributed by atoms with Crippen LogP contribution in [0.4, 0.5) is 17.2 Å². The van der Waals surface area contributed by atoms with Crippen molar-refractivity contribution in [2.24, 2.45) is 5.84 Å². The number of hydrazine groups is 1. The van der Waals surface area contributed by atoms with E-state index < -0.39 is 21.2 Å². The molecule has 0 fully saturated rings. The zero-order valence-electron chi connectivity index (χ0n) is 9.29. The van der Waals surface area contributed by atoms with E-state index in [1.54, 1.807) is 0 Å². The van der Waals surface area contributed by atoms with E-state index in [4.69, 9.17) is 5.84 Å². The minimum absolute atomic E-state index is 0.431. The van der Waals surface area contributed by atoms with Crippen LogP contribution in [0.5, 0.6) is 0 Å². The molecule has 100 valence electrons. The van der Waals surface area contributed by atoms with Gasteiger partial charge in [0.2, 0.25) is 5.82 Å². The molecule has 0 amide bonds. The van der Waals surface area contributed by atoms with E-state index in [2.05, 4.69) is 20.4 Å². The summed E-state index contributed by atoms with van der Waals surface area (Å²) in [5, 5.41) is 27.0. The molecular weight excluding hydrogens is 260 g/mol. The van der Waals surface area contributed by atoms with Crippen LogP contribution in [0.2, 0.25) is 0 Å². The number of nitrogens with one attached hydrogen (secondary N) is 1. The number of anilines is 1. The lowest BCUT2D eigenvalue weighted by atomic mass is 10.3. The van der Waals surface area contributed by atoms with Gasteiger partial charge in [-0.1, -0.05) is 17.3 Å². The summed E-state index contributed by atoms with van der Waals surface area (Å²) in [5.74, 6) is 5.31. The number of nitrogen functional groups attached to an aromatic ring is 1. The fourth-order valence-corrected chi connectivity index (χ4v) is 1.00. The van der Waals surface area contributed by atoms with Crippen LogP contribution >= 0.6 is 0 Å². The molecule has 1 aromatic carbocycles. The average molecular weight is 268 g/mol. The first-order valence-corrected chi connectivity index (χ1v) is 4.68. The van der Waals surface area contributed by atoms with Crippen molar-refractivity contribution < 1.29 is 14.5 Å². The molecule has 1 heterocycles.